The predicted octanol–water partition coefficient (Wildman–Crippen LogP) is 3.71. The molecule has 0 atom stereocenters. The lowest BCUT2D eigenvalue weighted by Gasteiger charge is -2.32. The first-order valence-corrected chi connectivity index (χ1v) is 7.29. The Morgan fingerprint density at radius 2 is 1.63 bits per heavy atom. The van der Waals surface area contributed by atoms with E-state index in [2.05, 4.69) is 5.32 Å². The third kappa shape index (κ3) is 4.71. The molecule has 0 heterocycles. The van der Waals surface area contributed by atoms with Gasteiger partial charge in [-0.3, -0.25) is 4.79 Å². The lowest BCUT2D eigenvalue weighted by molar-refractivity contribution is -0.184. The van der Waals surface area contributed by atoms with Crippen LogP contribution in [0.5, 0.6) is 0 Å². The van der Waals surface area contributed by atoms with Crippen LogP contribution in [0.25, 0.3) is 0 Å². The van der Waals surface area contributed by atoms with Gasteiger partial charge in [0.05, 0.1) is 11.5 Å². The number of rotatable bonds is 4. The number of nitrogens with one attached hydrogen (secondary N) is 1. The van der Waals surface area contributed by atoms with E-state index in [1.807, 2.05) is 0 Å². The molecular formula is C12H18Cl2F3NO. The van der Waals surface area contributed by atoms with Gasteiger partial charge < -0.3 is 5.32 Å². The number of halogens is 5. The molecule has 1 saturated carbocycles. The summed E-state index contributed by atoms with van der Waals surface area (Å²) in [4.78, 5) is 12.0. The molecule has 7 heteroatoms. The Morgan fingerprint density at radius 1 is 1.16 bits per heavy atom. The molecule has 112 valence electrons. The first-order chi connectivity index (χ1) is 8.72. The molecule has 0 aliphatic heterocycles. The van der Waals surface area contributed by atoms with Crippen molar-refractivity contribution in [3.8, 4) is 0 Å². The van der Waals surface area contributed by atoms with Gasteiger partial charge in [0, 0.05) is 17.7 Å². The lowest BCUT2D eigenvalue weighted by atomic mass is 9.81. The van der Waals surface area contributed by atoms with E-state index in [0.717, 1.165) is 0 Å². The molecule has 1 amide bonds. The predicted molar refractivity (Wildman–Crippen MR) is 69.5 cm³/mol. The van der Waals surface area contributed by atoms with Gasteiger partial charge in [-0.1, -0.05) is 0 Å². The summed E-state index contributed by atoms with van der Waals surface area (Å²) < 4.78 is 37.5. The molecule has 0 aromatic heterocycles. The van der Waals surface area contributed by atoms with Crippen LogP contribution in [0.3, 0.4) is 0 Å². The Hall–Kier alpha value is -0.160. The fourth-order valence-corrected chi connectivity index (χ4v) is 2.60. The van der Waals surface area contributed by atoms with Crippen molar-refractivity contribution in [3.63, 3.8) is 0 Å². The molecule has 0 aromatic carbocycles. The van der Waals surface area contributed by atoms with Crippen molar-refractivity contribution < 1.29 is 18.0 Å². The van der Waals surface area contributed by atoms with Crippen LogP contribution in [0.1, 0.15) is 32.6 Å². The number of carbonyl (C=O) groups is 1. The normalized spacial score (nSPS) is 25.2. The molecule has 1 N–H and O–H groups in total. The average Bonchev–Trinajstić information content (AvgIpc) is 2.37. The average molecular weight is 320 g/mol. The highest BCUT2D eigenvalue weighted by molar-refractivity contribution is 6.22. The van der Waals surface area contributed by atoms with Crippen LogP contribution in [-0.2, 0) is 4.79 Å². The SMILES string of the molecule is CC(CCl)(CCl)NC(=O)C1CCC(C(F)(F)F)CC1. The van der Waals surface area contributed by atoms with E-state index in [0.29, 0.717) is 0 Å². The Labute approximate surface area is 121 Å². The fourth-order valence-electron chi connectivity index (χ4n) is 2.18. The minimum Gasteiger partial charge on any atom is -0.348 e. The second-order valence-electron chi connectivity index (χ2n) is 5.41. The maximum atomic E-state index is 12.5. The number of carbonyl (C=O) groups excluding carboxylic acids is 1. The summed E-state index contributed by atoms with van der Waals surface area (Å²) in [6, 6.07) is 0. The first-order valence-electron chi connectivity index (χ1n) is 6.22. The zero-order valence-corrected chi connectivity index (χ0v) is 12.2. The minimum absolute atomic E-state index is 0.0139. The van der Waals surface area contributed by atoms with Crippen LogP contribution in [0.15, 0.2) is 0 Å². The quantitative estimate of drug-likeness (QED) is 0.786. The lowest BCUT2D eigenvalue weighted by Crippen LogP contribution is -2.51. The van der Waals surface area contributed by atoms with Crippen LogP contribution < -0.4 is 5.32 Å². The van der Waals surface area contributed by atoms with E-state index >= 15 is 0 Å². The molecule has 0 aromatic rings. The summed E-state index contributed by atoms with van der Waals surface area (Å²) in [5.41, 5.74) is -0.707. The number of alkyl halides is 5. The maximum Gasteiger partial charge on any atom is 0.391 e. The molecule has 1 aliphatic carbocycles. The highest BCUT2D eigenvalue weighted by atomic mass is 35.5. The van der Waals surface area contributed by atoms with Crippen molar-refractivity contribution in [2.45, 2.75) is 44.3 Å². The topological polar surface area (TPSA) is 29.1 Å². The van der Waals surface area contributed by atoms with Crippen molar-refractivity contribution >= 4 is 29.1 Å². The standard InChI is InChI=1S/C12H18Cl2F3NO/c1-11(6-13,7-14)18-10(19)8-2-4-9(5-3-8)12(15,16)17/h8-9H,2-7H2,1H3,(H,18,19). The van der Waals surface area contributed by atoms with Crippen LogP contribution in [0, 0.1) is 11.8 Å². The summed E-state index contributed by atoms with van der Waals surface area (Å²) in [6.45, 7) is 1.71. The Kier molecular flexibility index (Phi) is 5.80. The van der Waals surface area contributed by atoms with Gasteiger partial charge in [0.25, 0.3) is 0 Å². The minimum atomic E-state index is -4.15. The molecule has 0 saturated heterocycles. The molecule has 0 unspecified atom stereocenters. The third-order valence-electron chi connectivity index (χ3n) is 3.58. The number of amides is 1. The zero-order chi connectivity index (χ0) is 14.7. The fraction of sp³-hybridized carbons (Fsp3) is 0.917. The molecule has 1 aliphatic rings. The molecule has 2 nitrogen and oxygen atoms in total. The van der Waals surface area contributed by atoms with E-state index in [9.17, 15) is 18.0 Å². The van der Waals surface area contributed by atoms with Gasteiger partial charge in [0.15, 0.2) is 0 Å². The van der Waals surface area contributed by atoms with E-state index in [-0.39, 0.29) is 49.3 Å². The van der Waals surface area contributed by atoms with Gasteiger partial charge >= 0.3 is 6.18 Å². The van der Waals surface area contributed by atoms with Crippen LogP contribution >= 0.6 is 23.2 Å². The van der Waals surface area contributed by atoms with Crippen molar-refractivity contribution in [2.24, 2.45) is 11.8 Å². The van der Waals surface area contributed by atoms with Gasteiger partial charge in [-0.2, -0.15) is 13.2 Å². The second kappa shape index (κ2) is 6.53. The Morgan fingerprint density at radius 3 is 2.00 bits per heavy atom. The van der Waals surface area contributed by atoms with E-state index < -0.39 is 17.6 Å². The van der Waals surface area contributed by atoms with Gasteiger partial charge in [-0.05, 0) is 32.6 Å². The molecular weight excluding hydrogens is 302 g/mol. The van der Waals surface area contributed by atoms with Crippen molar-refractivity contribution in [1.29, 1.82) is 0 Å². The molecule has 0 spiro atoms. The molecule has 1 rings (SSSR count). The second-order valence-corrected chi connectivity index (χ2v) is 5.94. The highest BCUT2D eigenvalue weighted by Crippen LogP contribution is 2.39. The maximum absolute atomic E-state index is 12.5. The van der Waals surface area contributed by atoms with Crippen molar-refractivity contribution in [2.75, 3.05) is 11.8 Å². The number of hydrogen-bond acceptors (Lipinski definition) is 1. The van der Waals surface area contributed by atoms with Gasteiger partial charge in [0.2, 0.25) is 5.91 Å². The van der Waals surface area contributed by atoms with Gasteiger partial charge in [0.1, 0.15) is 0 Å². The van der Waals surface area contributed by atoms with Gasteiger partial charge in [-0.25, -0.2) is 0 Å². The first kappa shape index (κ1) is 16.9. The highest BCUT2D eigenvalue weighted by Gasteiger charge is 2.42. The Bertz CT molecular complexity index is 311. The van der Waals surface area contributed by atoms with E-state index in [1.165, 1.54) is 0 Å². The summed E-state index contributed by atoms with van der Waals surface area (Å²) in [5, 5.41) is 2.73. The summed E-state index contributed by atoms with van der Waals surface area (Å²) in [6.07, 6.45) is -3.60. The Balaban J connectivity index is 2.50. The van der Waals surface area contributed by atoms with Crippen LogP contribution in [0.4, 0.5) is 13.2 Å². The molecule has 19 heavy (non-hydrogen) atoms. The van der Waals surface area contributed by atoms with Crippen molar-refractivity contribution in [3.05, 3.63) is 0 Å². The molecule has 1 fully saturated rings. The third-order valence-corrected chi connectivity index (χ3v) is 4.76. The van der Waals surface area contributed by atoms with Crippen molar-refractivity contribution in [1.82, 2.24) is 5.32 Å². The number of hydrogen-bond donors (Lipinski definition) is 1. The zero-order valence-electron chi connectivity index (χ0n) is 10.7. The van der Waals surface area contributed by atoms with E-state index in [4.69, 9.17) is 23.2 Å². The summed E-state index contributed by atoms with van der Waals surface area (Å²) >= 11 is 11.5. The summed E-state index contributed by atoms with van der Waals surface area (Å²) in [7, 11) is 0. The molecule has 0 bridgehead atoms. The largest absolute Gasteiger partial charge is 0.391 e. The monoisotopic (exact) mass is 319 g/mol. The van der Waals surface area contributed by atoms with E-state index in [1.54, 1.807) is 6.92 Å². The smallest absolute Gasteiger partial charge is 0.348 e. The molecule has 0 radical (unpaired) electrons. The summed E-state index contributed by atoms with van der Waals surface area (Å²) in [5.74, 6) is -1.56. The van der Waals surface area contributed by atoms with Crippen LogP contribution in [0.2, 0.25) is 0 Å². The van der Waals surface area contributed by atoms with Crippen LogP contribution in [-0.4, -0.2) is 29.4 Å². The van der Waals surface area contributed by atoms with Gasteiger partial charge in [-0.15, -0.1) is 23.2 Å².